The van der Waals surface area contributed by atoms with Crippen molar-refractivity contribution < 1.29 is 4.79 Å². The zero-order valence-corrected chi connectivity index (χ0v) is 16.7. The molecule has 0 aliphatic carbocycles. The second kappa shape index (κ2) is 7.64. The van der Waals surface area contributed by atoms with Crippen LogP contribution >= 0.6 is 11.3 Å². The number of fused-ring (bicyclic) bond motifs is 1. The monoisotopic (exact) mass is 400 g/mol. The molecule has 0 N–H and O–H groups in total. The quantitative estimate of drug-likeness (QED) is 0.514. The molecule has 0 atom stereocenters. The molecule has 29 heavy (non-hydrogen) atoms. The number of anilines is 1. The Morgan fingerprint density at radius 3 is 2.59 bits per heavy atom. The third kappa shape index (κ3) is 3.47. The molecule has 1 aliphatic heterocycles. The largest absolute Gasteiger partial charge is 0.353 e. The highest BCUT2D eigenvalue weighted by Crippen LogP contribution is 2.32. The number of rotatable bonds is 3. The van der Waals surface area contributed by atoms with E-state index in [9.17, 15) is 4.79 Å². The van der Waals surface area contributed by atoms with Crippen LogP contribution in [0.2, 0.25) is 0 Å². The fourth-order valence-corrected chi connectivity index (χ4v) is 4.51. The third-order valence-electron chi connectivity index (χ3n) is 5.29. The Morgan fingerprint density at radius 1 is 0.931 bits per heavy atom. The fourth-order valence-electron chi connectivity index (χ4n) is 3.75. The first kappa shape index (κ1) is 17.8. The van der Waals surface area contributed by atoms with Gasteiger partial charge in [0.1, 0.15) is 5.82 Å². The summed E-state index contributed by atoms with van der Waals surface area (Å²) in [5.74, 6) is 1.01. The van der Waals surface area contributed by atoms with Crippen LogP contribution in [0.25, 0.3) is 21.3 Å². The number of aromatic nitrogens is 2. The van der Waals surface area contributed by atoms with E-state index in [0.717, 1.165) is 29.8 Å². The van der Waals surface area contributed by atoms with E-state index in [0.29, 0.717) is 18.7 Å². The molecule has 5 nitrogen and oxygen atoms in total. The predicted octanol–water partition coefficient (Wildman–Crippen LogP) is 4.32. The molecule has 0 radical (unpaired) electrons. The van der Waals surface area contributed by atoms with Crippen LogP contribution < -0.4 is 4.90 Å². The van der Waals surface area contributed by atoms with E-state index in [4.69, 9.17) is 4.98 Å². The van der Waals surface area contributed by atoms with Crippen LogP contribution in [0.3, 0.4) is 0 Å². The maximum atomic E-state index is 12.6. The van der Waals surface area contributed by atoms with Crippen LogP contribution in [0.15, 0.2) is 72.4 Å². The predicted molar refractivity (Wildman–Crippen MR) is 117 cm³/mol. The molecule has 0 saturated carbocycles. The van der Waals surface area contributed by atoms with Gasteiger partial charge in [0, 0.05) is 54.4 Å². The van der Waals surface area contributed by atoms with Gasteiger partial charge < -0.3 is 9.80 Å². The van der Waals surface area contributed by atoms with Gasteiger partial charge in [0.15, 0.2) is 0 Å². The molecule has 1 fully saturated rings. The number of nitrogens with zero attached hydrogens (tertiary/aromatic N) is 4. The first-order chi connectivity index (χ1) is 14.3. The lowest BCUT2D eigenvalue weighted by molar-refractivity contribution is 0.0746. The summed E-state index contributed by atoms with van der Waals surface area (Å²) in [6, 6.07) is 18.4. The number of piperazine rings is 1. The second-order valence-electron chi connectivity index (χ2n) is 7.04. The molecule has 1 saturated heterocycles. The topological polar surface area (TPSA) is 49.3 Å². The van der Waals surface area contributed by atoms with E-state index in [-0.39, 0.29) is 5.91 Å². The van der Waals surface area contributed by atoms with Crippen molar-refractivity contribution in [3.8, 4) is 10.4 Å². The number of carbonyl (C=O) groups is 1. The Morgan fingerprint density at radius 2 is 1.83 bits per heavy atom. The molecular weight excluding hydrogens is 380 g/mol. The van der Waals surface area contributed by atoms with Gasteiger partial charge in [-0.05, 0) is 35.7 Å². The summed E-state index contributed by atoms with van der Waals surface area (Å²) >= 11 is 1.73. The van der Waals surface area contributed by atoms with Crippen molar-refractivity contribution in [2.24, 2.45) is 0 Å². The van der Waals surface area contributed by atoms with Gasteiger partial charge in [0.05, 0.1) is 11.1 Å². The Bertz CT molecular complexity index is 1140. The minimum atomic E-state index is 0.0456. The summed E-state index contributed by atoms with van der Waals surface area (Å²) in [5.41, 5.74) is 2.84. The number of hydrogen-bond acceptors (Lipinski definition) is 5. The normalized spacial score (nSPS) is 14.3. The van der Waals surface area contributed by atoms with Crippen LogP contribution in [0.4, 0.5) is 5.82 Å². The highest BCUT2D eigenvalue weighted by molar-refractivity contribution is 7.13. The molecule has 3 aromatic heterocycles. The zero-order chi connectivity index (χ0) is 19.6. The second-order valence-corrected chi connectivity index (χ2v) is 7.99. The van der Waals surface area contributed by atoms with Crippen LogP contribution in [-0.2, 0) is 0 Å². The molecule has 4 aromatic rings. The van der Waals surface area contributed by atoms with Crippen LogP contribution in [0, 0.1) is 0 Å². The van der Waals surface area contributed by atoms with Crippen LogP contribution in [0.1, 0.15) is 10.4 Å². The first-order valence-electron chi connectivity index (χ1n) is 9.67. The smallest absolute Gasteiger partial charge is 0.255 e. The Hall–Kier alpha value is -3.25. The fraction of sp³-hybridized carbons (Fsp3) is 0.174. The van der Waals surface area contributed by atoms with Crippen molar-refractivity contribution in [1.29, 1.82) is 0 Å². The number of benzene rings is 1. The maximum Gasteiger partial charge on any atom is 0.255 e. The summed E-state index contributed by atoms with van der Waals surface area (Å²) in [6.07, 6.45) is 3.32. The number of thiophene rings is 1. The van der Waals surface area contributed by atoms with E-state index >= 15 is 0 Å². The molecule has 144 valence electrons. The third-order valence-corrected chi connectivity index (χ3v) is 6.19. The summed E-state index contributed by atoms with van der Waals surface area (Å²) < 4.78 is 0. The summed E-state index contributed by atoms with van der Waals surface area (Å²) in [6.45, 7) is 2.90. The summed E-state index contributed by atoms with van der Waals surface area (Å²) in [5, 5.41) is 3.24. The van der Waals surface area contributed by atoms with Gasteiger partial charge in [0.2, 0.25) is 0 Å². The van der Waals surface area contributed by atoms with Gasteiger partial charge in [-0.3, -0.25) is 9.78 Å². The molecule has 1 aromatic carbocycles. The van der Waals surface area contributed by atoms with Crippen molar-refractivity contribution in [3.05, 3.63) is 77.9 Å². The van der Waals surface area contributed by atoms with Gasteiger partial charge in [-0.2, -0.15) is 0 Å². The number of hydrogen-bond donors (Lipinski definition) is 0. The van der Waals surface area contributed by atoms with Gasteiger partial charge in [0.25, 0.3) is 5.91 Å². The SMILES string of the molecule is O=C(c1cccnc1)N1CCN(c2ccc3cccc(-c4cccs4)c3n2)CC1. The minimum absolute atomic E-state index is 0.0456. The van der Waals surface area contributed by atoms with E-state index in [1.54, 1.807) is 29.8 Å². The number of para-hydroxylation sites is 1. The van der Waals surface area contributed by atoms with E-state index in [1.165, 1.54) is 10.4 Å². The van der Waals surface area contributed by atoms with Crippen LogP contribution in [0.5, 0.6) is 0 Å². The molecule has 0 unspecified atom stereocenters. The lowest BCUT2D eigenvalue weighted by atomic mass is 10.1. The van der Waals surface area contributed by atoms with Crippen molar-refractivity contribution in [1.82, 2.24) is 14.9 Å². The van der Waals surface area contributed by atoms with Gasteiger partial charge in [-0.1, -0.05) is 24.3 Å². The lowest BCUT2D eigenvalue weighted by Gasteiger charge is -2.35. The molecule has 5 rings (SSSR count). The molecule has 4 heterocycles. The zero-order valence-electron chi connectivity index (χ0n) is 15.9. The molecule has 1 amide bonds. The van der Waals surface area contributed by atoms with Gasteiger partial charge >= 0.3 is 0 Å². The van der Waals surface area contributed by atoms with Crippen molar-refractivity contribution in [2.45, 2.75) is 0 Å². The Kier molecular flexibility index (Phi) is 4.69. The van der Waals surface area contributed by atoms with Crippen molar-refractivity contribution in [2.75, 3.05) is 31.1 Å². The maximum absolute atomic E-state index is 12.6. The minimum Gasteiger partial charge on any atom is -0.353 e. The van der Waals surface area contributed by atoms with Gasteiger partial charge in [-0.25, -0.2) is 4.98 Å². The number of carbonyl (C=O) groups excluding carboxylic acids is 1. The van der Waals surface area contributed by atoms with E-state index < -0.39 is 0 Å². The molecular formula is C23H20N4OS. The molecule has 1 aliphatic rings. The number of pyridine rings is 2. The molecule has 6 heteroatoms. The Labute approximate surface area is 173 Å². The van der Waals surface area contributed by atoms with Crippen molar-refractivity contribution >= 4 is 34.0 Å². The first-order valence-corrected chi connectivity index (χ1v) is 10.6. The average Bonchev–Trinajstić information content (AvgIpc) is 3.33. The molecule has 0 bridgehead atoms. The van der Waals surface area contributed by atoms with E-state index in [1.807, 2.05) is 11.0 Å². The summed E-state index contributed by atoms with van der Waals surface area (Å²) in [4.78, 5) is 27.1. The van der Waals surface area contributed by atoms with Crippen LogP contribution in [-0.4, -0.2) is 47.0 Å². The summed E-state index contributed by atoms with van der Waals surface area (Å²) in [7, 11) is 0. The van der Waals surface area contributed by atoms with Crippen molar-refractivity contribution in [3.63, 3.8) is 0 Å². The standard InChI is InChI=1S/C23H20N4OS/c28-23(18-5-2-10-24-16-18)27-13-11-26(12-14-27)21-9-8-17-4-1-6-19(22(17)25-21)20-7-3-15-29-20/h1-10,15-16H,11-14H2. The van der Waals surface area contributed by atoms with E-state index in [2.05, 4.69) is 57.7 Å². The highest BCUT2D eigenvalue weighted by atomic mass is 32.1. The van der Waals surface area contributed by atoms with Gasteiger partial charge in [-0.15, -0.1) is 11.3 Å². The highest BCUT2D eigenvalue weighted by Gasteiger charge is 2.23. The number of amides is 1. The lowest BCUT2D eigenvalue weighted by Crippen LogP contribution is -2.49. The Balaban J connectivity index is 1.37. The molecule has 0 spiro atoms. The average molecular weight is 401 g/mol.